The number of amides is 1. The van der Waals surface area contributed by atoms with E-state index in [0.717, 1.165) is 11.1 Å². The molecule has 0 unspecified atom stereocenters. The fourth-order valence-corrected chi connectivity index (χ4v) is 4.57. The van der Waals surface area contributed by atoms with E-state index < -0.39 is 10.0 Å². The van der Waals surface area contributed by atoms with Crippen molar-refractivity contribution in [3.8, 4) is 11.5 Å². The second kappa shape index (κ2) is 9.95. The molecule has 9 heteroatoms. The summed E-state index contributed by atoms with van der Waals surface area (Å²) in [5.41, 5.74) is 1.96. The summed E-state index contributed by atoms with van der Waals surface area (Å²) in [7, 11) is -0.556. The zero-order valence-electron chi connectivity index (χ0n) is 17.8. The molecule has 1 fully saturated rings. The molecule has 8 nitrogen and oxygen atoms in total. The lowest BCUT2D eigenvalue weighted by Crippen LogP contribution is -2.40. The van der Waals surface area contributed by atoms with Crippen LogP contribution in [0.3, 0.4) is 0 Å². The van der Waals surface area contributed by atoms with Crippen LogP contribution in [-0.4, -0.2) is 59.2 Å². The zero-order valence-corrected chi connectivity index (χ0v) is 18.6. The smallest absolute Gasteiger partial charge is 0.248 e. The number of aryl methyl sites for hydroxylation is 1. The summed E-state index contributed by atoms with van der Waals surface area (Å²) >= 11 is 0. The van der Waals surface area contributed by atoms with Crippen molar-refractivity contribution in [1.29, 1.82) is 0 Å². The SMILES string of the molecule is COc1ccc(C=CC(=O)Nc2cc(S(=O)(=O)N3CCOCC3)ccc2C)cc1OC. The maximum Gasteiger partial charge on any atom is 0.248 e. The molecular formula is C22H26N2O6S. The highest BCUT2D eigenvalue weighted by Gasteiger charge is 2.26. The van der Waals surface area contributed by atoms with Gasteiger partial charge in [-0.05, 0) is 48.4 Å². The maximum atomic E-state index is 12.9. The molecule has 1 aliphatic heterocycles. The minimum atomic E-state index is -3.65. The third-order valence-corrected chi connectivity index (χ3v) is 6.80. The van der Waals surface area contributed by atoms with Gasteiger partial charge in [0.1, 0.15) is 0 Å². The molecule has 2 aromatic rings. The first-order valence-electron chi connectivity index (χ1n) is 9.75. The van der Waals surface area contributed by atoms with Gasteiger partial charge >= 0.3 is 0 Å². The highest BCUT2D eigenvalue weighted by atomic mass is 32.2. The van der Waals surface area contributed by atoms with E-state index >= 15 is 0 Å². The number of sulfonamides is 1. The predicted octanol–water partition coefficient (Wildman–Crippen LogP) is 2.69. The van der Waals surface area contributed by atoms with Gasteiger partial charge in [-0.15, -0.1) is 0 Å². The Labute approximate surface area is 182 Å². The van der Waals surface area contributed by atoms with Crippen LogP contribution in [0, 0.1) is 6.92 Å². The minimum Gasteiger partial charge on any atom is -0.493 e. The van der Waals surface area contributed by atoms with Gasteiger partial charge in [-0.2, -0.15) is 4.31 Å². The number of nitrogens with one attached hydrogen (secondary N) is 1. The van der Waals surface area contributed by atoms with Gasteiger partial charge in [0.25, 0.3) is 0 Å². The fraction of sp³-hybridized carbons (Fsp3) is 0.318. The Morgan fingerprint density at radius 2 is 1.77 bits per heavy atom. The van der Waals surface area contributed by atoms with Crippen LogP contribution in [0.25, 0.3) is 6.08 Å². The number of nitrogens with zero attached hydrogens (tertiary/aromatic N) is 1. The number of ether oxygens (including phenoxy) is 3. The number of benzene rings is 2. The summed E-state index contributed by atoms with van der Waals surface area (Å²) in [5, 5.41) is 2.76. The molecule has 0 bridgehead atoms. The first-order valence-corrected chi connectivity index (χ1v) is 11.2. The van der Waals surface area contributed by atoms with Crippen molar-refractivity contribution in [2.75, 3.05) is 45.8 Å². The highest BCUT2D eigenvalue weighted by Crippen LogP contribution is 2.28. The molecule has 0 radical (unpaired) electrons. The van der Waals surface area contributed by atoms with Crippen molar-refractivity contribution in [2.24, 2.45) is 0 Å². The van der Waals surface area contributed by atoms with E-state index in [4.69, 9.17) is 14.2 Å². The van der Waals surface area contributed by atoms with E-state index in [1.54, 1.807) is 57.6 Å². The summed E-state index contributed by atoms with van der Waals surface area (Å²) in [4.78, 5) is 12.6. The lowest BCUT2D eigenvalue weighted by Gasteiger charge is -2.26. The number of anilines is 1. The molecule has 3 rings (SSSR count). The van der Waals surface area contributed by atoms with E-state index in [9.17, 15) is 13.2 Å². The van der Waals surface area contributed by atoms with Gasteiger partial charge in [-0.1, -0.05) is 12.1 Å². The molecule has 2 aromatic carbocycles. The number of hydrogen-bond donors (Lipinski definition) is 1. The minimum absolute atomic E-state index is 0.138. The van der Waals surface area contributed by atoms with Gasteiger partial charge in [0.05, 0.1) is 32.3 Å². The van der Waals surface area contributed by atoms with Crippen molar-refractivity contribution >= 4 is 27.7 Å². The second-order valence-corrected chi connectivity index (χ2v) is 8.87. The van der Waals surface area contributed by atoms with Crippen LogP contribution < -0.4 is 14.8 Å². The molecule has 0 atom stereocenters. The van der Waals surface area contributed by atoms with Crippen LogP contribution in [0.1, 0.15) is 11.1 Å². The Morgan fingerprint density at radius 1 is 1.06 bits per heavy atom. The van der Waals surface area contributed by atoms with E-state index in [1.165, 1.54) is 16.4 Å². The molecule has 0 saturated carbocycles. The van der Waals surface area contributed by atoms with Gasteiger partial charge in [-0.3, -0.25) is 4.79 Å². The monoisotopic (exact) mass is 446 g/mol. The van der Waals surface area contributed by atoms with Crippen molar-refractivity contribution in [3.05, 3.63) is 53.6 Å². The standard InChI is InChI=1S/C22H26N2O6S/c1-16-4-7-18(31(26,27)24-10-12-30-13-11-24)15-19(16)23-22(25)9-6-17-5-8-20(28-2)21(14-17)29-3/h4-9,14-15H,10-13H2,1-3H3,(H,23,25). The normalized spacial score (nSPS) is 15.1. The molecule has 1 amide bonds. The summed E-state index contributed by atoms with van der Waals surface area (Å²) in [5.74, 6) is 0.777. The molecule has 1 heterocycles. The second-order valence-electron chi connectivity index (χ2n) is 6.93. The Hall–Kier alpha value is -2.88. The summed E-state index contributed by atoms with van der Waals surface area (Å²) in [6.45, 7) is 3.17. The van der Waals surface area contributed by atoms with Crippen LogP contribution in [0.4, 0.5) is 5.69 Å². The number of morpholine rings is 1. The van der Waals surface area contributed by atoms with Gasteiger partial charge in [-0.25, -0.2) is 8.42 Å². The first kappa shape index (κ1) is 22.8. The summed E-state index contributed by atoms with van der Waals surface area (Å²) in [6.07, 6.45) is 3.02. The van der Waals surface area contributed by atoms with E-state index in [1.807, 2.05) is 0 Å². The molecule has 1 N–H and O–H groups in total. The molecule has 1 aliphatic rings. The fourth-order valence-electron chi connectivity index (χ4n) is 3.14. The van der Waals surface area contributed by atoms with E-state index in [-0.39, 0.29) is 10.8 Å². The Kier molecular flexibility index (Phi) is 7.32. The van der Waals surface area contributed by atoms with Crippen molar-refractivity contribution in [2.45, 2.75) is 11.8 Å². The van der Waals surface area contributed by atoms with Crippen molar-refractivity contribution in [1.82, 2.24) is 4.31 Å². The van der Waals surface area contributed by atoms with Gasteiger partial charge in [0.2, 0.25) is 15.9 Å². The number of methoxy groups -OCH3 is 2. The molecule has 0 aliphatic carbocycles. The lowest BCUT2D eigenvalue weighted by atomic mass is 10.1. The van der Waals surface area contributed by atoms with Crippen LogP contribution in [0.15, 0.2) is 47.4 Å². The number of hydrogen-bond acceptors (Lipinski definition) is 6. The Bertz CT molecular complexity index is 1080. The summed E-state index contributed by atoms with van der Waals surface area (Å²) in [6, 6.07) is 10.0. The number of rotatable bonds is 7. The average molecular weight is 447 g/mol. The third-order valence-electron chi connectivity index (χ3n) is 4.91. The summed E-state index contributed by atoms with van der Waals surface area (Å²) < 4.78 is 42.9. The van der Waals surface area contributed by atoms with Gasteiger partial charge < -0.3 is 19.5 Å². The molecule has 31 heavy (non-hydrogen) atoms. The predicted molar refractivity (Wildman–Crippen MR) is 118 cm³/mol. The molecule has 166 valence electrons. The van der Waals surface area contributed by atoms with Crippen LogP contribution >= 0.6 is 0 Å². The Morgan fingerprint density at radius 3 is 2.45 bits per heavy atom. The van der Waals surface area contributed by atoms with Crippen LogP contribution in [0.2, 0.25) is 0 Å². The maximum absolute atomic E-state index is 12.9. The van der Waals surface area contributed by atoms with Crippen LogP contribution in [-0.2, 0) is 19.6 Å². The molecule has 0 spiro atoms. The van der Waals surface area contributed by atoms with E-state index in [0.29, 0.717) is 43.5 Å². The topological polar surface area (TPSA) is 94.2 Å². The lowest BCUT2D eigenvalue weighted by molar-refractivity contribution is -0.111. The quantitative estimate of drug-likeness (QED) is 0.658. The van der Waals surface area contributed by atoms with Gasteiger partial charge in [0, 0.05) is 24.9 Å². The zero-order chi connectivity index (χ0) is 22.4. The third kappa shape index (κ3) is 5.43. The van der Waals surface area contributed by atoms with Gasteiger partial charge in [0.15, 0.2) is 11.5 Å². The number of carbonyl (C=O) groups excluding carboxylic acids is 1. The molecule has 1 saturated heterocycles. The molecular weight excluding hydrogens is 420 g/mol. The largest absolute Gasteiger partial charge is 0.493 e. The number of carbonyl (C=O) groups is 1. The average Bonchev–Trinajstić information content (AvgIpc) is 2.79. The highest BCUT2D eigenvalue weighted by molar-refractivity contribution is 7.89. The van der Waals surface area contributed by atoms with E-state index in [2.05, 4.69) is 5.32 Å². The van der Waals surface area contributed by atoms with Crippen molar-refractivity contribution in [3.63, 3.8) is 0 Å². The van der Waals surface area contributed by atoms with Crippen molar-refractivity contribution < 1.29 is 27.4 Å². The molecule has 0 aromatic heterocycles. The van der Waals surface area contributed by atoms with Crippen LogP contribution in [0.5, 0.6) is 11.5 Å². The first-order chi connectivity index (χ1) is 14.8. The Balaban J connectivity index is 1.75.